The Morgan fingerprint density at radius 3 is 2.84 bits per heavy atom. The van der Waals surface area contributed by atoms with E-state index in [1.807, 2.05) is 6.92 Å². The standard InChI is InChI=1S/C18H20N2O4S/c1-2-4-13-10-17(22)20-18(19-13)25-11-14(21)12-5-6-15-16(9-12)24-8-3-7-23-15/h5-6,9-10H,2-4,7-8,11H2,1H3,(H,19,20,22). The van der Waals surface area contributed by atoms with Crippen molar-refractivity contribution in [2.24, 2.45) is 0 Å². The lowest BCUT2D eigenvalue weighted by Gasteiger charge is -2.09. The molecule has 1 aromatic heterocycles. The van der Waals surface area contributed by atoms with E-state index in [2.05, 4.69) is 9.97 Å². The summed E-state index contributed by atoms with van der Waals surface area (Å²) in [5.41, 5.74) is 1.12. The maximum atomic E-state index is 12.4. The largest absolute Gasteiger partial charge is 0.490 e. The summed E-state index contributed by atoms with van der Waals surface area (Å²) in [7, 11) is 0. The Labute approximate surface area is 150 Å². The van der Waals surface area contributed by atoms with Crippen LogP contribution in [0.4, 0.5) is 0 Å². The molecule has 2 aromatic rings. The monoisotopic (exact) mass is 360 g/mol. The molecule has 0 spiro atoms. The SMILES string of the molecule is CCCc1cc(=O)[nH]c(SCC(=O)c2ccc3c(c2)OCCCO3)n1. The Bertz CT molecular complexity index is 819. The van der Waals surface area contributed by atoms with E-state index in [1.54, 1.807) is 18.2 Å². The van der Waals surface area contributed by atoms with Gasteiger partial charge in [-0.05, 0) is 24.6 Å². The normalized spacial score (nSPS) is 13.3. The molecule has 2 heterocycles. The maximum absolute atomic E-state index is 12.4. The summed E-state index contributed by atoms with van der Waals surface area (Å²) < 4.78 is 11.2. The smallest absolute Gasteiger partial charge is 0.251 e. The third kappa shape index (κ3) is 4.63. The third-order valence-electron chi connectivity index (χ3n) is 3.69. The molecule has 1 aromatic carbocycles. The number of aromatic amines is 1. The first-order valence-corrected chi connectivity index (χ1v) is 9.30. The molecule has 0 atom stereocenters. The number of hydrogen-bond acceptors (Lipinski definition) is 6. The number of rotatable bonds is 6. The lowest BCUT2D eigenvalue weighted by molar-refractivity contribution is 0.102. The molecule has 1 aliphatic rings. The molecule has 25 heavy (non-hydrogen) atoms. The van der Waals surface area contributed by atoms with Gasteiger partial charge in [-0.15, -0.1) is 0 Å². The number of carbonyl (C=O) groups is 1. The summed E-state index contributed by atoms with van der Waals surface area (Å²) >= 11 is 1.23. The number of aryl methyl sites for hydroxylation is 1. The fourth-order valence-electron chi connectivity index (χ4n) is 2.49. The van der Waals surface area contributed by atoms with Gasteiger partial charge in [0.05, 0.1) is 19.0 Å². The van der Waals surface area contributed by atoms with Crippen LogP contribution in [0.2, 0.25) is 0 Å². The number of aromatic nitrogens is 2. The van der Waals surface area contributed by atoms with Crippen LogP contribution in [0.25, 0.3) is 0 Å². The predicted molar refractivity (Wildman–Crippen MR) is 96.0 cm³/mol. The molecule has 0 unspecified atom stereocenters. The minimum Gasteiger partial charge on any atom is -0.490 e. The Morgan fingerprint density at radius 2 is 2.04 bits per heavy atom. The lowest BCUT2D eigenvalue weighted by Crippen LogP contribution is -2.11. The van der Waals surface area contributed by atoms with Gasteiger partial charge in [0.25, 0.3) is 5.56 Å². The zero-order chi connectivity index (χ0) is 17.6. The summed E-state index contributed by atoms with van der Waals surface area (Å²) in [5.74, 6) is 1.41. The summed E-state index contributed by atoms with van der Waals surface area (Å²) in [6, 6.07) is 6.72. The molecule has 0 fully saturated rings. The van der Waals surface area contributed by atoms with Gasteiger partial charge in [0.1, 0.15) is 0 Å². The molecular formula is C18H20N2O4S. The molecule has 7 heteroatoms. The van der Waals surface area contributed by atoms with Crippen LogP contribution in [0.1, 0.15) is 35.8 Å². The number of ketones is 1. The van der Waals surface area contributed by atoms with Crippen LogP contribution in [0.3, 0.4) is 0 Å². The molecule has 0 saturated heterocycles. The molecule has 0 saturated carbocycles. The number of H-pyrrole nitrogens is 1. The van der Waals surface area contributed by atoms with Gasteiger partial charge in [-0.1, -0.05) is 25.1 Å². The highest BCUT2D eigenvalue weighted by Crippen LogP contribution is 2.31. The zero-order valence-electron chi connectivity index (χ0n) is 14.0. The summed E-state index contributed by atoms with van der Waals surface area (Å²) in [4.78, 5) is 31.2. The van der Waals surface area contributed by atoms with Gasteiger partial charge in [-0.3, -0.25) is 9.59 Å². The molecule has 132 valence electrons. The van der Waals surface area contributed by atoms with E-state index < -0.39 is 0 Å². The van der Waals surface area contributed by atoms with Crippen LogP contribution in [0.15, 0.2) is 34.2 Å². The van der Waals surface area contributed by atoms with E-state index in [0.717, 1.165) is 25.0 Å². The average molecular weight is 360 g/mol. The number of carbonyl (C=O) groups excluding carboxylic acids is 1. The lowest BCUT2D eigenvalue weighted by atomic mass is 10.1. The first-order chi connectivity index (χ1) is 12.2. The second-order valence-corrected chi connectivity index (χ2v) is 6.68. The fourth-order valence-corrected chi connectivity index (χ4v) is 3.28. The van der Waals surface area contributed by atoms with Crippen molar-refractivity contribution in [3.05, 3.63) is 45.9 Å². The molecule has 3 rings (SSSR count). The van der Waals surface area contributed by atoms with Crippen LogP contribution < -0.4 is 15.0 Å². The topological polar surface area (TPSA) is 81.3 Å². The zero-order valence-corrected chi connectivity index (χ0v) is 14.9. The van der Waals surface area contributed by atoms with E-state index in [1.165, 1.54) is 17.8 Å². The van der Waals surface area contributed by atoms with Gasteiger partial charge in [-0.25, -0.2) is 4.98 Å². The van der Waals surface area contributed by atoms with Crippen LogP contribution in [-0.4, -0.2) is 34.7 Å². The average Bonchev–Trinajstić information content (AvgIpc) is 2.84. The first kappa shape index (κ1) is 17.5. The molecule has 6 nitrogen and oxygen atoms in total. The summed E-state index contributed by atoms with van der Waals surface area (Å²) in [6.45, 7) is 3.22. The second kappa shape index (κ2) is 8.20. The highest BCUT2D eigenvalue weighted by Gasteiger charge is 2.15. The minimum atomic E-state index is -0.191. The molecule has 0 amide bonds. The van der Waals surface area contributed by atoms with E-state index >= 15 is 0 Å². The van der Waals surface area contributed by atoms with Gasteiger partial charge in [0.2, 0.25) is 0 Å². The highest BCUT2D eigenvalue weighted by molar-refractivity contribution is 7.99. The minimum absolute atomic E-state index is 0.0517. The predicted octanol–water partition coefficient (Wildman–Crippen LogP) is 2.86. The number of nitrogens with one attached hydrogen (secondary N) is 1. The molecule has 1 aliphatic heterocycles. The van der Waals surface area contributed by atoms with Crippen molar-refractivity contribution >= 4 is 17.5 Å². The van der Waals surface area contributed by atoms with E-state index in [-0.39, 0.29) is 17.1 Å². The Hall–Kier alpha value is -2.28. The van der Waals surface area contributed by atoms with Crippen molar-refractivity contribution in [1.82, 2.24) is 9.97 Å². The van der Waals surface area contributed by atoms with E-state index in [0.29, 0.717) is 35.4 Å². The van der Waals surface area contributed by atoms with Gasteiger partial charge in [0, 0.05) is 23.7 Å². The summed E-state index contributed by atoms with van der Waals surface area (Å²) in [6.07, 6.45) is 2.48. The highest BCUT2D eigenvalue weighted by atomic mass is 32.2. The molecular weight excluding hydrogens is 340 g/mol. The van der Waals surface area contributed by atoms with E-state index in [4.69, 9.17) is 9.47 Å². The number of ether oxygens (including phenoxy) is 2. The van der Waals surface area contributed by atoms with Gasteiger partial charge >= 0.3 is 0 Å². The van der Waals surface area contributed by atoms with E-state index in [9.17, 15) is 9.59 Å². The third-order valence-corrected chi connectivity index (χ3v) is 4.56. The fraction of sp³-hybridized carbons (Fsp3) is 0.389. The molecule has 0 aliphatic carbocycles. The number of hydrogen-bond donors (Lipinski definition) is 1. The van der Waals surface area contributed by atoms with Crippen molar-refractivity contribution in [1.29, 1.82) is 0 Å². The molecule has 0 bridgehead atoms. The Balaban J connectivity index is 1.68. The van der Waals surface area contributed by atoms with Crippen LogP contribution in [-0.2, 0) is 6.42 Å². The van der Waals surface area contributed by atoms with Crippen molar-refractivity contribution in [3.63, 3.8) is 0 Å². The van der Waals surface area contributed by atoms with Crippen molar-refractivity contribution in [2.75, 3.05) is 19.0 Å². The first-order valence-electron chi connectivity index (χ1n) is 8.31. The molecule has 1 N–H and O–H groups in total. The van der Waals surface area contributed by atoms with Crippen LogP contribution in [0.5, 0.6) is 11.5 Å². The molecule has 0 radical (unpaired) electrons. The number of nitrogens with zero attached hydrogens (tertiary/aromatic N) is 1. The number of Topliss-reactive ketones (excluding diaryl/α,β-unsaturated/α-hetero) is 1. The van der Waals surface area contributed by atoms with Gasteiger partial charge < -0.3 is 14.5 Å². The quantitative estimate of drug-likeness (QED) is 0.485. The van der Waals surface area contributed by atoms with Crippen molar-refractivity contribution in [2.45, 2.75) is 31.3 Å². The maximum Gasteiger partial charge on any atom is 0.251 e. The Morgan fingerprint density at radius 1 is 1.24 bits per heavy atom. The number of fused-ring (bicyclic) bond motifs is 1. The number of thioether (sulfide) groups is 1. The van der Waals surface area contributed by atoms with Gasteiger partial charge in [-0.2, -0.15) is 0 Å². The van der Waals surface area contributed by atoms with Crippen molar-refractivity contribution in [3.8, 4) is 11.5 Å². The number of benzene rings is 1. The Kier molecular flexibility index (Phi) is 5.75. The van der Waals surface area contributed by atoms with Gasteiger partial charge in [0.15, 0.2) is 22.4 Å². The van der Waals surface area contributed by atoms with Crippen molar-refractivity contribution < 1.29 is 14.3 Å². The second-order valence-electron chi connectivity index (χ2n) is 5.72. The summed E-state index contributed by atoms with van der Waals surface area (Å²) in [5, 5.41) is 0.471. The van der Waals surface area contributed by atoms with Crippen LogP contribution >= 0.6 is 11.8 Å². The van der Waals surface area contributed by atoms with Crippen LogP contribution in [0, 0.1) is 0 Å².